The van der Waals surface area contributed by atoms with E-state index in [-0.39, 0.29) is 0 Å². The quantitative estimate of drug-likeness (QED) is 0.106. The van der Waals surface area contributed by atoms with Crippen LogP contribution in [-0.2, 0) is 0 Å². The van der Waals surface area contributed by atoms with Crippen LogP contribution in [0.2, 0.25) is 0 Å². The summed E-state index contributed by atoms with van der Waals surface area (Å²) in [7, 11) is 0. The van der Waals surface area contributed by atoms with Gasteiger partial charge in [-0.15, -0.1) is 0 Å². The van der Waals surface area contributed by atoms with Crippen molar-refractivity contribution < 1.29 is 26.7 Å². The van der Waals surface area contributed by atoms with E-state index in [1.807, 2.05) is 26.0 Å². The van der Waals surface area contributed by atoms with Crippen LogP contribution in [0.5, 0.6) is 0 Å². The Morgan fingerprint density at radius 3 is 1.90 bits per heavy atom. The number of benzene rings is 2. The smallest absolute Gasteiger partial charge is 0.234 e. The van der Waals surface area contributed by atoms with E-state index in [0.29, 0.717) is 0 Å². The molecule has 0 atom stereocenters. The number of nitrogens with zero attached hydrogens (tertiary/aromatic N) is 2. The number of anilines is 1. The number of carbonyl (C=O) groups excluding carboxylic acids is 1. The SMILES string of the molecule is [C-]#[N+]/C(=C\C=C\c1ccc(N(CC)CC)cc1)C(=O)c1c(F)c(F)c(F)c(F)c1F. The molecule has 0 aliphatic heterocycles. The molecule has 0 saturated carbocycles. The average molecular weight is 420 g/mol. The zero-order valence-electron chi connectivity index (χ0n) is 16.1. The Bertz CT molecular complexity index is 1020. The fraction of sp³-hybridized carbons (Fsp3) is 0.182. The van der Waals surface area contributed by atoms with E-state index in [9.17, 15) is 26.7 Å². The third-order valence-corrected chi connectivity index (χ3v) is 4.35. The molecule has 0 heterocycles. The lowest BCUT2D eigenvalue weighted by Gasteiger charge is -2.20. The molecule has 2 rings (SSSR count). The van der Waals surface area contributed by atoms with E-state index in [2.05, 4.69) is 9.74 Å². The minimum Gasteiger partial charge on any atom is -0.372 e. The first-order valence-corrected chi connectivity index (χ1v) is 8.93. The minimum atomic E-state index is -2.37. The molecular weight excluding hydrogens is 403 g/mol. The van der Waals surface area contributed by atoms with E-state index in [0.717, 1.165) is 30.4 Å². The molecule has 30 heavy (non-hydrogen) atoms. The van der Waals surface area contributed by atoms with Crippen LogP contribution in [0.15, 0.2) is 42.1 Å². The molecule has 0 amide bonds. The van der Waals surface area contributed by atoms with Crippen molar-refractivity contribution in [2.45, 2.75) is 13.8 Å². The third-order valence-electron chi connectivity index (χ3n) is 4.35. The van der Waals surface area contributed by atoms with E-state index in [1.165, 1.54) is 12.2 Å². The van der Waals surface area contributed by atoms with Gasteiger partial charge in [0.2, 0.25) is 11.5 Å². The van der Waals surface area contributed by atoms with Gasteiger partial charge in [-0.05, 0) is 31.5 Å². The molecule has 0 spiro atoms. The number of allylic oxidation sites excluding steroid dienone is 3. The monoisotopic (exact) mass is 420 g/mol. The first-order valence-electron chi connectivity index (χ1n) is 8.93. The lowest BCUT2D eigenvalue weighted by atomic mass is 10.1. The Morgan fingerprint density at radius 1 is 0.933 bits per heavy atom. The number of carbonyl (C=O) groups is 1. The van der Waals surface area contributed by atoms with Crippen LogP contribution in [0.4, 0.5) is 27.6 Å². The molecule has 2 aromatic rings. The zero-order chi connectivity index (χ0) is 22.4. The topological polar surface area (TPSA) is 24.7 Å². The highest BCUT2D eigenvalue weighted by molar-refractivity contribution is 6.10. The molecule has 8 heteroatoms. The number of hydrogen-bond donors (Lipinski definition) is 0. The normalized spacial score (nSPS) is 11.6. The molecule has 0 N–H and O–H groups in total. The van der Waals surface area contributed by atoms with Gasteiger partial charge in [-0.25, -0.2) is 26.8 Å². The number of halogens is 5. The molecule has 156 valence electrons. The van der Waals surface area contributed by atoms with E-state index < -0.39 is 46.1 Å². The summed E-state index contributed by atoms with van der Waals surface area (Å²) in [6.07, 6.45) is 3.76. The van der Waals surface area contributed by atoms with Gasteiger partial charge in [0.05, 0.1) is 12.1 Å². The second-order valence-corrected chi connectivity index (χ2v) is 6.06. The summed E-state index contributed by atoms with van der Waals surface area (Å²) in [6.45, 7) is 12.7. The van der Waals surface area contributed by atoms with Crippen molar-refractivity contribution in [2.75, 3.05) is 18.0 Å². The molecular formula is C22H17F5N2O. The maximum Gasteiger partial charge on any atom is 0.234 e. The highest BCUT2D eigenvalue weighted by Crippen LogP contribution is 2.25. The van der Waals surface area contributed by atoms with Crippen molar-refractivity contribution in [3.05, 3.63) is 93.7 Å². The van der Waals surface area contributed by atoms with Gasteiger partial charge >= 0.3 is 0 Å². The summed E-state index contributed by atoms with van der Waals surface area (Å²) in [6, 6.07) is 7.35. The maximum absolute atomic E-state index is 13.8. The lowest BCUT2D eigenvalue weighted by molar-refractivity contribution is 0.102. The Labute approximate surface area is 170 Å². The first-order chi connectivity index (χ1) is 14.3. The fourth-order valence-corrected chi connectivity index (χ4v) is 2.73. The van der Waals surface area contributed by atoms with Gasteiger partial charge in [-0.2, -0.15) is 0 Å². The number of Topliss-reactive ketones (excluding diaryl/α,β-unsaturated/α-hetero) is 1. The van der Waals surface area contributed by atoms with Crippen molar-refractivity contribution >= 4 is 17.5 Å². The van der Waals surface area contributed by atoms with Gasteiger partial charge in [0, 0.05) is 18.8 Å². The van der Waals surface area contributed by atoms with Gasteiger partial charge in [0.1, 0.15) is 0 Å². The van der Waals surface area contributed by atoms with Crippen LogP contribution < -0.4 is 4.90 Å². The molecule has 0 radical (unpaired) electrons. The summed E-state index contributed by atoms with van der Waals surface area (Å²) in [5.41, 5.74) is -0.731. The molecule has 0 saturated heterocycles. The first kappa shape index (κ1) is 22.8. The average Bonchev–Trinajstić information content (AvgIpc) is 2.75. The van der Waals surface area contributed by atoms with Crippen molar-refractivity contribution in [1.82, 2.24) is 0 Å². The molecule has 0 bridgehead atoms. The minimum absolute atomic E-state index is 0.718. The number of rotatable bonds is 7. The zero-order valence-corrected chi connectivity index (χ0v) is 16.1. The maximum atomic E-state index is 13.8. The van der Waals surface area contributed by atoms with Gasteiger partial charge < -0.3 is 9.69 Å². The molecule has 3 nitrogen and oxygen atoms in total. The van der Waals surface area contributed by atoms with Gasteiger partial charge in [0.15, 0.2) is 29.1 Å². The van der Waals surface area contributed by atoms with Gasteiger partial charge in [0.25, 0.3) is 0 Å². The van der Waals surface area contributed by atoms with Gasteiger partial charge in [-0.3, -0.25) is 0 Å². The third kappa shape index (κ3) is 4.57. The van der Waals surface area contributed by atoms with Crippen LogP contribution in [0.1, 0.15) is 29.8 Å². The summed E-state index contributed by atoms with van der Waals surface area (Å²) in [4.78, 5) is 17.2. The fourth-order valence-electron chi connectivity index (χ4n) is 2.73. The van der Waals surface area contributed by atoms with Gasteiger partial charge in [-0.1, -0.05) is 30.4 Å². The van der Waals surface area contributed by atoms with E-state index >= 15 is 0 Å². The second-order valence-electron chi connectivity index (χ2n) is 6.06. The summed E-state index contributed by atoms with van der Waals surface area (Å²) >= 11 is 0. The predicted molar refractivity (Wildman–Crippen MR) is 104 cm³/mol. The molecule has 0 aromatic heterocycles. The molecule has 0 fully saturated rings. The Hall–Kier alpha value is -3.47. The van der Waals surface area contributed by atoms with Crippen LogP contribution in [-0.4, -0.2) is 18.9 Å². The highest BCUT2D eigenvalue weighted by atomic mass is 19.2. The number of hydrogen-bond acceptors (Lipinski definition) is 2. The number of ketones is 1. The van der Waals surface area contributed by atoms with Crippen LogP contribution in [0.3, 0.4) is 0 Å². The largest absolute Gasteiger partial charge is 0.372 e. The molecule has 0 aliphatic rings. The standard InChI is InChI=1S/C22H17F5N2O/c1-4-29(5-2)14-11-9-13(10-12-14)7-6-8-15(28-3)22(30)16-17(23)19(25)21(27)20(26)18(16)24/h6-12H,4-5H2,1-2H3/b7-6+,15-8-. The van der Waals surface area contributed by atoms with E-state index in [4.69, 9.17) is 6.57 Å². The van der Waals surface area contributed by atoms with E-state index in [1.54, 1.807) is 12.1 Å². The summed E-state index contributed by atoms with van der Waals surface area (Å²) in [5.74, 6) is -13.0. The molecule has 2 aromatic carbocycles. The molecule has 0 aliphatic carbocycles. The van der Waals surface area contributed by atoms with Crippen molar-refractivity contribution in [1.29, 1.82) is 0 Å². The Morgan fingerprint density at radius 2 is 1.43 bits per heavy atom. The van der Waals surface area contributed by atoms with Crippen LogP contribution >= 0.6 is 0 Å². The van der Waals surface area contributed by atoms with Crippen molar-refractivity contribution in [3.63, 3.8) is 0 Å². The summed E-state index contributed by atoms with van der Waals surface area (Å²) < 4.78 is 67.4. The Balaban J connectivity index is 2.31. The highest BCUT2D eigenvalue weighted by Gasteiger charge is 2.31. The predicted octanol–water partition coefficient (Wildman–Crippen LogP) is 5.93. The molecule has 0 unspecified atom stereocenters. The van der Waals surface area contributed by atoms with Crippen LogP contribution in [0, 0.1) is 35.7 Å². The van der Waals surface area contributed by atoms with Crippen molar-refractivity contribution in [2.24, 2.45) is 0 Å². The van der Waals surface area contributed by atoms with Crippen LogP contribution in [0.25, 0.3) is 10.9 Å². The Kier molecular flexibility index (Phi) is 7.48. The second kappa shape index (κ2) is 9.83. The lowest BCUT2D eigenvalue weighted by Crippen LogP contribution is -2.21. The van der Waals surface area contributed by atoms with Crippen molar-refractivity contribution in [3.8, 4) is 0 Å². The summed E-state index contributed by atoms with van der Waals surface area (Å²) in [5, 5.41) is 0.